The van der Waals surface area contributed by atoms with Crippen LogP contribution in [0.3, 0.4) is 0 Å². The van der Waals surface area contributed by atoms with Crippen molar-refractivity contribution in [3.8, 4) is 0 Å². The van der Waals surface area contributed by atoms with Crippen LogP contribution in [0.4, 0.5) is 10.1 Å². The van der Waals surface area contributed by atoms with Gasteiger partial charge < -0.3 is 15.5 Å². The molecule has 2 atom stereocenters. The molecule has 0 aromatic heterocycles. The second-order valence-electron chi connectivity index (χ2n) is 5.64. The summed E-state index contributed by atoms with van der Waals surface area (Å²) in [7, 11) is 0. The molecule has 2 amide bonds. The quantitative estimate of drug-likeness (QED) is 0.762. The van der Waals surface area contributed by atoms with Crippen LogP contribution in [0, 0.1) is 5.82 Å². The fourth-order valence-corrected chi connectivity index (χ4v) is 2.99. The van der Waals surface area contributed by atoms with Gasteiger partial charge in [-0.3, -0.25) is 9.59 Å². The van der Waals surface area contributed by atoms with Gasteiger partial charge >= 0.3 is 11.8 Å². The van der Waals surface area contributed by atoms with Crippen LogP contribution in [0.25, 0.3) is 0 Å². The molecule has 0 saturated carbocycles. The Morgan fingerprint density at radius 1 is 1.14 bits per heavy atom. The largest absolute Gasteiger partial charge is 0.333 e. The molecule has 21 heavy (non-hydrogen) atoms. The van der Waals surface area contributed by atoms with Crippen molar-refractivity contribution in [2.75, 3.05) is 18.4 Å². The molecule has 0 aliphatic carbocycles. The Morgan fingerprint density at radius 2 is 1.86 bits per heavy atom. The molecular formula is C15H18FN3O2. The zero-order valence-electron chi connectivity index (χ0n) is 11.6. The van der Waals surface area contributed by atoms with Crippen LogP contribution < -0.4 is 10.6 Å². The number of amides is 2. The molecule has 0 spiro atoms. The Balaban J connectivity index is 1.61. The first kappa shape index (κ1) is 14.0. The van der Waals surface area contributed by atoms with Gasteiger partial charge in [0.05, 0.1) is 0 Å². The molecule has 0 unspecified atom stereocenters. The van der Waals surface area contributed by atoms with E-state index in [1.165, 1.54) is 24.3 Å². The topological polar surface area (TPSA) is 61.4 Å². The summed E-state index contributed by atoms with van der Waals surface area (Å²) in [6.45, 7) is 1.18. The minimum absolute atomic E-state index is 0.292. The fourth-order valence-electron chi connectivity index (χ4n) is 2.99. The Bertz CT molecular complexity index is 546. The standard InChI is InChI=1S/C15H18FN3O2/c16-10-1-3-11(4-2-10)18-14(20)15(21)19-8-7-12-5-6-13(9-19)17-12/h1-4,12-13,17H,5-9H2,(H,18,20)/t12-,13+/m0/s1. The van der Waals surface area contributed by atoms with Crippen LogP contribution >= 0.6 is 0 Å². The van der Waals surface area contributed by atoms with Gasteiger partial charge in [0.25, 0.3) is 0 Å². The molecule has 3 rings (SSSR count). The maximum Gasteiger partial charge on any atom is 0.313 e. The second kappa shape index (κ2) is 5.81. The van der Waals surface area contributed by atoms with Gasteiger partial charge in [-0.25, -0.2) is 4.39 Å². The highest BCUT2D eigenvalue weighted by Crippen LogP contribution is 2.20. The van der Waals surface area contributed by atoms with Crippen molar-refractivity contribution in [3.63, 3.8) is 0 Å². The summed E-state index contributed by atoms with van der Waals surface area (Å²) in [6.07, 6.45) is 3.08. The lowest BCUT2D eigenvalue weighted by molar-refractivity contribution is -0.143. The van der Waals surface area contributed by atoms with Crippen LogP contribution in [0.2, 0.25) is 0 Å². The van der Waals surface area contributed by atoms with Gasteiger partial charge in [0.1, 0.15) is 5.82 Å². The molecular weight excluding hydrogens is 273 g/mol. The third kappa shape index (κ3) is 3.21. The lowest BCUT2D eigenvalue weighted by Crippen LogP contribution is -2.44. The number of nitrogens with zero attached hydrogens (tertiary/aromatic N) is 1. The summed E-state index contributed by atoms with van der Waals surface area (Å²) in [5, 5.41) is 5.98. The summed E-state index contributed by atoms with van der Waals surface area (Å²) in [5.41, 5.74) is 0.421. The average Bonchev–Trinajstić information content (AvgIpc) is 2.80. The lowest BCUT2D eigenvalue weighted by Gasteiger charge is -2.23. The van der Waals surface area contributed by atoms with Crippen LogP contribution in [-0.4, -0.2) is 41.9 Å². The molecule has 0 radical (unpaired) electrons. The molecule has 2 heterocycles. The summed E-state index contributed by atoms with van der Waals surface area (Å²) in [5.74, 6) is -1.57. The number of nitrogens with one attached hydrogen (secondary N) is 2. The first-order chi connectivity index (χ1) is 10.1. The van der Waals surface area contributed by atoms with Crippen molar-refractivity contribution in [1.82, 2.24) is 10.2 Å². The third-order valence-electron chi connectivity index (χ3n) is 4.11. The van der Waals surface area contributed by atoms with E-state index in [1.54, 1.807) is 4.90 Å². The molecule has 6 heteroatoms. The number of carbonyl (C=O) groups excluding carboxylic acids is 2. The number of hydrogen-bond donors (Lipinski definition) is 2. The molecule has 5 nitrogen and oxygen atoms in total. The molecule has 2 aliphatic rings. The molecule has 1 aromatic rings. The fraction of sp³-hybridized carbons (Fsp3) is 0.467. The van der Waals surface area contributed by atoms with E-state index in [0.29, 0.717) is 30.9 Å². The van der Waals surface area contributed by atoms with Crippen molar-refractivity contribution < 1.29 is 14.0 Å². The summed E-state index contributed by atoms with van der Waals surface area (Å²) in [4.78, 5) is 25.8. The Hall–Kier alpha value is -1.95. The summed E-state index contributed by atoms with van der Waals surface area (Å²) < 4.78 is 12.8. The smallest absolute Gasteiger partial charge is 0.313 e. The van der Waals surface area contributed by atoms with Gasteiger partial charge in [0.2, 0.25) is 0 Å². The van der Waals surface area contributed by atoms with E-state index in [2.05, 4.69) is 10.6 Å². The Morgan fingerprint density at radius 3 is 2.62 bits per heavy atom. The minimum Gasteiger partial charge on any atom is -0.333 e. The van der Waals surface area contributed by atoms with Crippen LogP contribution in [0.1, 0.15) is 19.3 Å². The van der Waals surface area contributed by atoms with Gasteiger partial charge in [-0.05, 0) is 43.5 Å². The monoisotopic (exact) mass is 291 g/mol. The summed E-state index contributed by atoms with van der Waals surface area (Å²) >= 11 is 0. The number of rotatable bonds is 1. The van der Waals surface area contributed by atoms with Gasteiger partial charge in [0.15, 0.2) is 0 Å². The first-order valence-corrected chi connectivity index (χ1v) is 7.24. The zero-order chi connectivity index (χ0) is 14.8. The van der Waals surface area contributed by atoms with Crippen molar-refractivity contribution in [2.24, 2.45) is 0 Å². The molecule has 1 aromatic carbocycles. The van der Waals surface area contributed by atoms with Gasteiger partial charge in [0, 0.05) is 30.9 Å². The summed E-state index contributed by atoms with van der Waals surface area (Å²) in [6, 6.07) is 6.12. The normalized spacial score (nSPS) is 24.5. The Kier molecular flexibility index (Phi) is 3.88. The molecule has 2 fully saturated rings. The van der Waals surface area contributed by atoms with Gasteiger partial charge in [-0.15, -0.1) is 0 Å². The highest BCUT2D eigenvalue weighted by Gasteiger charge is 2.33. The first-order valence-electron chi connectivity index (χ1n) is 7.24. The lowest BCUT2D eigenvalue weighted by atomic mass is 10.1. The average molecular weight is 291 g/mol. The van der Waals surface area contributed by atoms with Crippen molar-refractivity contribution in [2.45, 2.75) is 31.3 Å². The highest BCUT2D eigenvalue weighted by atomic mass is 19.1. The van der Waals surface area contributed by atoms with E-state index in [-0.39, 0.29) is 5.82 Å². The number of hydrogen-bond acceptors (Lipinski definition) is 3. The number of benzene rings is 1. The maximum atomic E-state index is 12.8. The molecule has 112 valence electrons. The number of carbonyl (C=O) groups is 2. The van der Waals surface area contributed by atoms with Gasteiger partial charge in [-0.2, -0.15) is 0 Å². The van der Waals surface area contributed by atoms with E-state index in [9.17, 15) is 14.0 Å². The predicted octanol–water partition coefficient (Wildman–Crippen LogP) is 1.12. The van der Waals surface area contributed by atoms with E-state index in [0.717, 1.165) is 19.3 Å². The highest BCUT2D eigenvalue weighted by molar-refractivity contribution is 6.39. The second-order valence-corrected chi connectivity index (χ2v) is 5.64. The SMILES string of the molecule is O=C(Nc1ccc(F)cc1)C(=O)N1CC[C@@H]2CC[C@H](C1)N2. The minimum atomic E-state index is -0.667. The molecule has 2 bridgehead atoms. The number of halogens is 1. The Labute approximate surface area is 122 Å². The van der Waals surface area contributed by atoms with Crippen molar-refractivity contribution in [3.05, 3.63) is 30.1 Å². The van der Waals surface area contributed by atoms with Crippen LogP contribution in [-0.2, 0) is 9.59 Å². The van der Waals surface area contributed by atoms with E-state index >= 15 is 0 Å². The molecule has 2 N–H and O–H groups in total. The van der Waals surface area contributed by atoms with Gasteiger partial charge in [-0.1, -0.05) is 0 Å². The zero-order valence-corrected chi connectivity index (χ0v) is 11.6. The predicted molar refractivity (Wildman–Crippen MR) is 76.2 cm³/mol. The van der Waals surface area contributed by atoms with Crippen LogP contribution in [0.5, 0.6) is 0 Å². The third-order valence-corrected chi connectivity index (χ3v) is 4.11. The van der Waals surface area contributed by atoms with Crippen molar-refractivity contribution >= 4 is 17.5 Å². The van der Waals surface area contributed by atoms with E-state index < -0.39 is 11.8 Å². The number of anilines is 1. The number of likely N-dealkylation sites (tertiary alicyclic amines) is 1. The molecule has 2 saturated heterocycles. The van der Waals surface area contributed by atoms with Crippen molar-refractivity contribution in [1.29, 1.82) is 0 Å². The molecule has 2 aliphatic heterocycles. The van der Waals surface area contributed by atoms with Crippen LogP contribution in [0.15, 0.2) is 24.3 Å². The number of fused-ring (bicyclic) bond motifs is 2. The van der Waals surface area contributed by atoms with E-state index in [1.807, 2.05) is 0 Å². The maximum absolute atomic E-state index is 12.8. The van der Waals surface area contributed by atoms with E-state index in [4.69, 9.17) is 0 Å².